The zero-order chi connectivity index (χ0) is 22.3. The lowest BCUT2D eigenvalue weighted by atomic mass is 10.1. The molecule has 2 heterocycles. The normalized spacial score (nSPS) is 11.7. The Morgan fingerprint density at radius 3 is 2.16 bits per heavy atom. The Kier molecular flexibility index (Phi) is 6.91. The van der Waals surface area contributed by atoms with E-state index in [1.54, 1.807) is 13.0 Å². The van der Waals surface area contributed by atoms with E-state index in [-0.39, 0.29) is 45.2 Å². The molecule has 0 radical (unpaired) electrons. The molecular weight excluding hydrogens is 473 g/mol. The lowest BCUT2D eigenvalue weighted by molar-refractivity contribution is -0.143. The van der Waals surface area contributed by atoms with E-state index >= 15 is 0 Å². The fourth-order valence-electron chi connectivity index (χ4n) is 2.60. The highest BCUT2D eigenvalue weighted by atomic mass is 35.5. The summed E-state index contributed by atoms with van der Waals surface area (Å²) < 4.78 is 78.0. The third-order valence-corrected chi connectivity index (χ3v) is 4.29. The molecule has 0 saturated carbocycles. The van der Waals surface area contributed by atoms with Crippen molar-refractivity contribution in [3.8, 4) is 5.69 Å². The molecule has 31 heavy (non-hydrogen) atoms. The molecule has 1 amide bonds. The van der Waals surface area contributed by atoms with Crippen LogP contribution in [0.5, 0.6) is 0 Å². The molecule has 0 saturated heterocycles. The van der Waals surface area contributed by atoms with Crippen LogP contribution in [0.25, 0.3) is 5.69 Å². The average Bonchev–Trinajstić information content (AvgIpc) is 3.08. The van der Waals surface area contributed by atoms with Crippen LogP contribution in [-0.2, 0) is 12.4 Å². The Morgan fingerprint density at radius 2 is 1.65 bits per heavy atom. The van der Waals surface area contributed by atoms with Crippen molar-refractivity contribution >= 4 is 35.6 Å². The van der Waals surface area contributed by atoms with Crippen molar-refractivity contribution in [2.24, 2.45) is 0 Å². The summed E-state index contributed by atoms with van der Waals surface area (Å²) in [5.41, 5.74) is -2.68. The largest absolute Gasteiger partial charge is 0.435 e. The molecule has 0 spiro atoms. The highest BCUT2D eigenvalue weighted by Gasteiger charge is 2.42. The van der Waals surface area contributed by atoms with Crippen molar-refractivity contribution in [3.05, 3.63) is 70.3 Å². The summed E-state index contributed by atoms with van der Waals surface area (Å²) in [5, 5.41) is 5.50. The summed E-state index contributed by atoms with van der Waals surface area (Å²) >= 11 is 5.91. The maximum absolute atomic E-state index is 13.1. The Hall–Kier alpha value is -2.79. The number of nitrogens with one attached hydrogen (secondary N) is 1. The van der Waals surface area contributed by atoms with Crippen molar-refractivity contribution in [2.75, 3.05) is 5.32 Å². The lowest BCUT2D eigenvalue weighted by Gasteiger charge is -2.12. The quantitative estimate of drug-likeness (QED) is 0.369. The molecule has 0 aliphatic rings. The summed E-state index contributed by atoms with van der Waals surface area (Å²) in [6.07, 6.45) is -8.68. The van der Waals surface area contributed by atoms with Gasteiger partial charge in [-0.05, 0) is 42.8 Å². The fraction of sp³-hybridized carbons (Fsp3) is 0.167. The van der Waals surface area contributed by atoms with Crippen LogP contribution in [0.3, 0.4) is 0 Å². The van der Waals surface area contributed by atoms with Gasteiger partial charge < -0.3 is 5.32 Å². The van der Waals surface area contributed by atoms with Crippen LogP contribution < -0.4 is 5.32 Å². The number of nitrogens with zero attached hydrogens (tertiary/aromatic N) is 3. The molecule has 1 N–H and O–H groups in total. The van der Waals surface area contributed by atoms with Crippen molar-refractivity contribution < 1.29 is 31.1 Å². The van der Waals surface area contributed by atoms with Gasteiger partial charge in [-0.3, -0.25) is 4.79 Å². The molecule has 5 nitrogen and oxygen atoms in total. The molecule has 0 aliphatic heterocycles. The molecule has 0 atom stereocenters. The average molecular weight is 485 g/mol. The second kappa shape index (κ2) is 8.75. The number of anilines is 1. The number of carbonyl (C=O) groups excluding carboxylic acids is 1. The molecule has 0 bridgehead atoms. The predicted octanol–water partition coefficient (Wildman–Crippen LogP) is 5.94. The molecule has 166 valence electrons. The summed E-state index contributed by atoms with van der Waals surface area (Å²) in [4.78, 5) is 16.2. The van der Waals surface area contributed by atoms with E-state index in [2.05, 4.69) is 15.4 Å². The van der Waals surface area contributed by atoms with E-state index in [1.807, 2.05) is 0 Å². The highest BCUT2D eigenvalue weighted by Crippen LogP contribution is 2.36. The zero-order valence-corrected chi connectivity index (χ0v) is 16.9. The summed E-state index contributed by atoms with van der Waals surface area (Å²) in [6.45, 7) is 1.64. The van der Waals surface area contributed by atoms with Crippen LogP contribution in [0.4, 0.5) is 32.0 Å². The minimum Gasteiger partial charge on any atom is -0.322 e. The van der Waals surface area contributed by atoms with Crippen molar-refractivity contribution in [3.63, 3.8) is 0 Å². The lowest BCUT2D eigenvalue weighted by Crippen LogP contribution is -2.15. The highest BCUT2D eigenvalue weighted by molar-refractivity contribution is 6.33. The minimum atomic E-state index is -5.06. The van der Waals surface area contributed by atoms with Gasteiger partial charge in [-0.1, -0.05) is 11.6 Å². The molecule has 2 aromatic heterocycles. The van der Waals surface area contributed by atoms with Crippen LogP contribution in [0, 0.1) is 6.92 Å². The standard InChI is InChI=1S/C18H11ClF6N4O.ClH/c1-9-6-7-26-15(19)14(9)16(30)27-10-2-4-11(5-3-10)29-13(18(23,24)25)8-12(28-29)17(20,21)22;/h2-8H,1H3,(H,27,30);1H. The number of hydrogen-bond acceptors (Lipinski definition) is 3. The molecule has 0 aliphatic carbocycles. The van der Waals surface area contributed by atoms with Gasteiger partial charge in [0.25, 0.3) is 5.91 Å². The first kappa shape index (κ1) is 24.5. The summed E-state index contributed by atoms with van der Waals surface area (Å²) in [7, 11) is 0. The van der Waals surface area contributed by atoms with Crippen LogP contribution >= 0.6 is 24.0 Å². The second-order valence-corrected chi connectivity index (χ2v) is 6.47. The van der Waals surface area contributed by atoms with Crippen LogP contribution in [0.2, 0.25) is 5.15 Å². The third kappa shape index (κ3) is 5.28. The number of carbonyl (C=O) groups is 1. The van der Waals surface area contributed by atoms with E-state index in [9.17, 15) is 31.1 Å². The van der Waals surface area contributed by atoms with Gasteiger partial charge in [-0.2, -0.15) is 31.4 Å². The van der Waals surface area contributed by atoms with Crippen molar-refractivity contribution in [1.82, 2.24) is 14.8 Å². The number of alkyl halides is 6. The van der Waals surface area contributed by atoms with Gasteiger partial charge in [0.05, 0.1) is 11.3 Å². The maximum Gasteiger partial charge on any atom is 0.435 e. The molecule has 0 fully saturated rings. The zero-order valence-electron chi connectivity index (χ0n) is 15.3. The first-order valence-corrected chi connectivity index (χ1v) is 8.53. The number of benzene rings is 1. The summed E-state index contributed by atoms with van der Waals surface area (Å²) in [6, 6.07) is 6.14. The van der Waals surface area contributed by atoms with Crippen molar-refractivity contribution in [1.29, 1.82) is 0 Å². The first-order chi connectivity index (χ1) is 13.9. The van der Waals surface area contributed by atoms with Gasteiger partial charge in [-0.25, -0.2) is 9.67 Å². The van der Waals surface area contributed by atoms with E-state index in [0.717, 1.165) is 12.1 Å². The Bertz CT molecular complexity index is 1070. The number of pyridine rings is 1. The number of rotatable bonds is 3. The predicted molar refractivity (Wildman–Crippen MR) is 103 cm³/mol. The van der Waals surface area contributed by atoms with Gasteiger partial charge in [-0.15, -0.1) is 12.4 Å². The number of halogens is 8. The Balaban J connectivity index is 0.00000341. The van der Waals surface area contributed by atoms with Gasteiger partial charge >= 0.3 is 12.4 Å². The fourth-order valence-corrected chi connectivity index (χ4v) is 2.89. The van der Waals surface area contributed by atoms with Gasteiger partial charge in [0.15, 0.2) is 5.69 Å². The molecule has 3 rings (SSSR count). The SMILES string of the molecule is Cc1ccnc(Cl)c1C(=O)Nc1ccc(-n2nc(C(F)(F)F)cc2C(F)(F)F)cc1.Cl. The smallest absolute Gasteiger partial charge is 0.322 e. The molecular formula is C18H12Cl2F6N4O. The second-order valence-electron chi connectivity index (χ2n) is 6.12. The first-order valence-electron chi connectivity index (χ1n) is 8.15. The van der Waals surface area contributed by atoms with Crippen molar-refractivity contribution in [2.45, 2.75) is 19.3 Å². The topological polar surface area (TPSA) is 59.8 Å². The third-order valence-electron chi connectivity index (χ3n) is 4.00. The summed E-state index contributed by atoms with van der Waals surface area (Å²) in [5.74, 6) is -0.604. The molecule has 0 unspecified atom stereocenters. The van der Waals surface area contributed by atoms with Gasteiger partial charge in [0.2, 0.25) is 0 Å². The van der Waals surface area contributed by atoms with E-state index in [0.29, 0.717) is 5.56 Å². The van der Waals surface area contributed by atoms with E-state index in [4.69, 9.17) is 11.6 Å². The minimum absolute atomic E-state index is 0. The Morgan fingerprint density at radius 1 is 1.03 bits per heavy atom. The maximum atomic E-state index is 13.1. The molecule has 3 aromatic rings. The van der Waals surface area contributed by atoms with E-state index < -0.39 is 29.6 Å². The van der Waals surface area contributed by atoms with Crippen LogP contribution in [0.1, 0.15) is 27.3 Å². The monoisotopic (exact) mass is 484 g/mol. The number of aromatic nitrogens is 3. The Labute approximate surface area is 182 Å². The van der Waals surface area contributed by atoms with Crippen LogP contribution in [0.15, 0.2) is 42.6 Å². The van der Waals surface area contributed by atoms with E-state index in [1.165, 1.54) is 18.3 Å². The van der Waals surface area contributed by atoms with Crippen LogP contribution in [-0.4, -0.2) is 20.7 Å². The number of hydrogen-bond donors (Lipinski definition) is 1. The molecule has 13 heteroatoms. The van der Waals surface area contributed by atoms with Gasteiger partial charge in [0.1, 0.15) is 10.8 Å². The number of amides is 1. The number of aryl methyl sites for hydroxylation is 1. The van der Waals surface area contributed by atoms with Gasteiger partial charge in [0, 0.05) is 18.0 Å². The molecule has 1 aromatic carbocycles.